The SMILES string of the molecule is CCc1ccc(-c2ccc3c(F)c(-c4cc(F)c(F)c(F)c4)ccc3c2)cc1. The quantitative estimate of drug-likeness (QED) is 0.258. The van der Waals surface area contributed by atoms with Gasteiger partial charge in [0.25, 0.3) is 0 Å². The largest absolute Gasteiger partial charge is 0.206 e. The van der Waals surface area contributed by atoms with Crippen LogP contribution in [-0.2, 0) is 6.42 Å². The molecule has 4 rings (SSSR count). The monoisotopic (exact) mass is 380 g/mol. The lowest BCUT2D eigenvalue weighted by Crippen LogP contribution is -1.94. The highest BCUT2D eigenvalue weighted by atomic mass is 19.2. The van der Waals surface area contributed by atoms with Crippen LogP contribution in [0.1, 0.15) is 12.5 Å². The van der Waals surface area contributed by atoms with Crippen LogP contribution in [0.3, 0.4) is 0 Å². The van der Waals surface area contributed by atoms with E-state index in [4.69, 9.17) is 0 Å². The lowest BCUT2D eigenvalue weighted by atomic mass is 9.96. The van der Waals surface area contributed by atoms with Crippen molar-refractivity contribution in [3.63, 3.8) is 0 Å². The molecule has 0 unspecified atom stereocenters. The minimum atomic E-state index is -1.57. The Balaban J connectivity index is 1.80. The molecule has 0 saturated carbocycles. The Hall–Kier alpha value is -3.14. The third kappa shape index (κ3) is 3.15. The van der Waals surface area contributed by atoms with Crippen molar-refractivity contribution in [2.75, 3.05) is 0 Å². The topological polar surface area (TPSA) is 0 Å². The molecule has 4 aromatic rings. The standard InChI is InChI=1S/C24H16F4/c1-2-14-3-5-15(6-4-14)16-7-9-19-17(11-16)8-10-20(23(19)27)18-12-21(25)24(28)22(26)13-18/h3-13H,2H2,1H3. The van der Waals surface area contributed by atoms with E-state index in [1.54, 1.807) is 12.1 Å². The molecular weight excluding hydrogens is 364 g/mol. The van der Waals surface area contributed by atoms with Crippen molar-refractivity contribution in [1.82, 2.24) is 0 Å². The minimum absolute atomic E-state index is 0.0188. The Kier molecular flexibility index (Phi) is 4.63. The van der Waals surface area contributed by atoms with E-state index in [0.29, 0.717) is 10.8 Å². The van der Waals surface area contributed by atoms with E-state index >= 15 is 4.39 Å². The molecule has 0 bridgehead atoms. The molecule has 0 aromatic heterocycles. The molecule has 0 heterocycles. The molecule has 0 radical (unpaired) electrons. The first-order valence-corrected chi connectivity index (χ1v) is 8.94. The predicted molar refractivity (Wildman–Crippen MR) is 104 cm³/mol. The van der Waals surface area contributed by atoms with Gasteiger partial charge in [0.05, 0.1) is 0 Å². The predicted octanol–water partition coefficient (Wildman–Crippen LogP) is 7.29. The van der Waals surface area contributed by atoms with Gasteiger partial charge in [0.15, 0.2) is 17.5 Å². The zero-order valence-corrected chi connectivity index (χ0v) is 15.1. The molecule has 28 heavy (non-hydrogen) atoms. The van der Waals surface area contributed by atoms with Crippen LogP contribution in [0, 0.1) is 23.3 Å². The smallest absolute Gasteiger partial charge is 0.194 e. The summed E-state index contributed by atoms with van der Waals surface area (Å²) in [5, 5.41) is 0.998. The number of halogens is 4. The molecular formula is C24H16F4. The van der Waals surface area contributed by atoms with E-state index in [2.05, 4.69) is 19.1 Å². The molecule has 0 amide bonds. The summed E-state index contributed by atoms with van der Waals surface area (Å²) in [6, 6.07) is 18.2. The van der Waals surface area contributed by atoms with Crippen molar-refractivity contribution in [2.24, 2.45) is 0 Å². The van der Waals surface area contributed by atoms with E-state index in [9.17, 15) is 13.2 Å². The van der Waals surface area contributed by atoms with Crippen LogP contribution < -0.4 is 0 Å². The van der Waals surface area contributed by atoms with Crippen LogP contribution in [0.15, 0.2) is 66.7 Å². The first-order valence-electron chi connectivity index (χ1n) is 8.94. The molecule has 0 nitrogen and oxygen atoms in total. The van der Waals surface area contributed by atoms with Gasteiger partial charge < -0.3 is 0 Å². The molecule has 4 heteroatoms. The lowest BCUT2D eigenvalue weighted by Gasteiger charge is -2.10. The number of benzene rings is 4. The number of hydrogen-bond donors (Lipinski definition) is 0. The van der Waals surface area contributed by atoms with Gasteiger partial charge in [-0.25, -0.2) is 17.6 Å². The molecule has 0 fully saturated rings. The molecule has 0 aliphatic carbocycles. The second-order valence-corrected chi connectivity index (χ2v) is 6.67. The van der Waals surface area contributed by atoms with Gasteiger partial charge >= 0.3 is 0 Å². The Morgan fingerprint density at radius 1 is 0.607 bits per heavy atom. The van der Waals surface area contributed by atoms with Crippen LogP contribution in [0.2, 0.25) is 0 Å². The van der Waals surface area contributed by atoms with Crippen molar-refractivity contribution in [3.8, 4) is 22.3 Å². The van der Waals surface area contributed by atoms with Crippen molar-refractivity contribution in [2.45, 2.75) is 13.3 Å². The summed E-state index contributed by atoms with van der Waals surface area (Å²) in [7, 11) is 0. The highest BCUT2D eigenvalue weighted by Gasteiger charge is 2.16. The van der Waals surface area contributed by atoms with Crippen LogP contribution in [0.5, 0.6) is 0 Å². The molecule has 0 saturated heterocycles. The summed E-state index contributed by atoms with van der Waals surface area (Å²) in [6.45, 7) is 2.09. The molecule has 0 spiro atoms. The molecule has 140 valence electrons. The van der Waals surface area contributed by atoms with Gasteiger partial charge in [0.2, 0.25) is 0 Å². The lowest BCUT2D eigenvalue weighted by molar-refractivity contribution is 0.447. The Morgan fingerprint density at radius 2 is 1.25 bits per heavy atom. The van der Waals surface area contributed by atoms with Crippen LogP contribution in [0.25, 0.3) is 33.0 Å². The van der Waals surface area contributed by atoms with Gasteiger partial charge in [-0.1, -0.05) is 55.5 Å². The maximum Gasteiger partial charge on any atom is 0.194 e. The molecule has 0 N–H and O–H groups in total. The number of fused-ring (bicyclic) bond motifs is 1. The van der Waals surface area contributed by atoms with Crippen molar-refractivity contribution >= 4 is 10.8 Å². The highest BCUT2D eigenvalue weighted by Crippen LogP contribution is 2.33. The number of hydrogen-bond acceptors (Lipinski definition) is 0. The van der Waals surface area contributed by atoms with E-state index in [1.165, 1.54) is 11.6 Å². The zero-order valence-electron chi connectivity index (χ0n) is 15.1. The van der Waals surface area contributed by atoms with Crippen molar-refractivity contribution < 1.29 is 17.6 Å². The average Bonchev–Trinajstić information content (AvgIpc) is 2.72. The van der Waals surface area contributed by atoms with E-state index in [-0.39, 0.29) is 11.1 Å². The number of rotatable bonds is 3. The summed E-state index contributed by atoms with van der Waals surface area (Å²) in [6.07, 6.45) is 0.955. The van der Waals surface area contributed by atoms with Crippen LogP contribution >= 0.6 is 0 Å². The number of aryl methyl sites for hydroxylation is 1. The molecule has 4 aromatic carbocycles. The van der Waals surface area contributed by atoms with Gasteiger partial charge in [-0.2, -0.15) is 0 Å². The zero-order chi connectivity index (χ0) is 19.8. The second-order valence-electron chi connectivity index (χ2n) is 6.67. The summed E-state index contributed by atoms with van der Waals surface area (Å²) < 4.78 is 55.3. The average molecular weight is 380 g/mol. The van der Waals surface area contributed by atoms with Gasteiger partial charge in [0, 0.05) is 10.9 Å². The van der Waals surface area contributed by atoms with Gasteiger partial charge in [0.1, 0.15) is 5.82 Å². The molecule has 0 aliphatic rings. The Morgan fingerprint density at radius 3 is 1.89 bits per heavy atom. The van der Waals surface area contributed by atoms with Crippen molar-refractivity contribution in [3.05, 3.63) is 95.6 Å². The Bertz CT molecular complexity index is 1150. The van der Waals surface area contributed by atoms with Gasteiger partial charge in [-0.05, 0) is 52.3 Å². The first-order chi connectivity index (χ1) is 13.5. The van der Waals surface area contributed by atoms with Gasteiger partial charge in [-0.3, -0.25) is 0 Å². The van der Waals surface area contributed by atoms with Gasteiger partial charge in [-0.15, -0.1) is 0 Å². The summed E-state index contributed by atoms with van der Waals surface area (Å²) in [4.78, 5) is 0. The van der Waals surface area contributed by atoms with Crippen LogP contribution in [-0.4, -0.2) is 0 Å². The maximum atomic E-state index is 15.0. The van der Waals surface area contributed by atoms with E-state index < -0.39 is 23.3 Å². The third-order valence-electron chi connectivity index (χ3n) is 4.94. The normalized spacial score (nSPS) is 11.2. The fourth-order valence-electron chi connectivity index (χ4n) is 3.34. The summed E-state index contributed by atoms with van der Waals surface area (Å²) in [5.41, 5.74) is 3.17. The van der Waals surface area contributed by atoms with E-state index in [1.807, 2.05) is 24.3 Å². The first kappa shape index (κ1) is 18.2. The highest BCUT2D eigenvalue weighted by molar-refractivity contribution is 5.91. The van der Waals surface area contributed by atoms with E-state index in [0.717, 1.165) is 29.7 Å². The van der Waals surface area contributed by atoms with Crippen molar-refractivity contribution in [1.29, 1.82) is 0 Å². The summed E-state index contributed by atoms with van der Waals surface area (Å²) in [5.74, 6) is -4.86. The maximum absolute atomic E-state index is 15.0. The molecule has 0 atom stereocenters. The molecule has 0 aliphatic heterocycles. The summed E-state index contributed by atoms with van der Waals surface area (Å²) >= 11 is 0. The second kappa shape index (κ2) is 7.12. The Labute approximate surface area is 160 Å². The fourth-order valence-corrected chi connectivity index (χ4v) is 3.34. The third-order valence-corrected chi connectivity index (χ3v) is 4.94. The fraction of sp³-hybridized carbons (Fsp3) is 0.0833. The van der Waals surface area contributed by atoms with Crippen LogP contribution in [0.4, 0.5) is 17.6 Å². The minimum Gasteiger partial charge on any atom is -0.206 e.